The summed E-state index contributed by atoms with van der Waals surface area (Å²) in [6.07, 6.45) is 5.87. The molecule has 0 saturated carbocycles. The van der Waals surface area contributed by atoms with E-state index in [0.29, 0.717) is 11.6 Å². The molecule has 166 valence electrons. The highest BCUT2D eigenvalue weighted by Crippen LogP contribution is 2.26. The Kier molecular flexibility index (Phi) is 5.05. The lowest BCUT2D eigenvalue weighted by atomic mass is 10.1. The van der Waals surface area contributed by atoms with E-state index >= 15 is 0 Å². The first kappa shape index (κ1) is 20.7. The van der Waals surface area contributed by atoms with Crippen LogP contribution in [0.3, 0.4) is 0 Å². The Balaban J connectivity index is 1.66. The molecule has 1 aliphatic carbocycles. The van der Waals surface area contributed by atoms with Crippen molar-refractivity contribution in [3.63, 3.8) is 0 Å². The number of carboxylic acids is 1. The van der Waals surface area contributed by atoms with E-state index in [-0.39, 0.29) is 10.9 Å². The number of carboxylic acid groups (broad SMARTS) is 1. The number of hydrogen-bond acceptors (Lipinski definition) is 6. The number of fused-ring (bicyclic) bond motifs is 2. The number of aromatic nitrogens is 3. The van der Waals surface area contributed by atoms with Crippen LogP contribution in [0.25, 0.3) is 16.7 Å². The summed E-state index contributed by atoms with van der Waals surface area (Å²) in [5.41, 5.74) is 4.56. The van der Waals surface area contributed by atoms with Gasteiger partial charge in [0.05, 0.1) is 5.39 Å². The van der Waals surface area contributed by atoms with Gasteiger partial charge in [-0.2, -0.15) is 4.98 Å². The predicted octanol–water partition coefficient (Wildman–Crippen LogP) is 3.78. The van der Waals surface area contributed by atoms with Gasteiger partial charge in [0.15, 0.2) is 5.65 Å². The van der Waals surface area contributed by atoms with E-state index in [9.17, 15) is 14.7 Å². The molecule has 0 aliphatic heterocycles. The van der Waals surface area contributed by atoms with Crippen molar-refractivity contribution in [1.82, 2.24) is 14.5 Å². The number of anilines is 3. The molecule has 0 radical (unpaired) electrons. The van der Waals surface area contributed by atoms with Crippen molar-refractivity contribution in [3.05, 3.63) is 81.8 Å². The van der Waals surface area contributed by atoms with Gasteiger partial charge in [-0.15, -0.1) is 0 Å². The van der Waals surface area contributed by atoms with Crippen molar-refractivity contribution in [2.45, 2.75) is 19.3 Å². The van der Waals surface area contributed by atoms with Gasteiger partial charge < -0.3 is 19.9 Å². The molecular weight excluding hydrogens is 418 g/mol. The SMILES string of the molecule is CN(C)c1cccc(Nc2ncc3c(=O)c(C(=O)O)cn(-c4ccc5c(c4)CCC5)c3n2)c1. The highest BCUT2D eigenvalue weighted by atomic mass is 16.4. The van der Waals surface area contributed by atoms with E-state index in [1.165, 1.54) is 23.5 Å². The van der Waals surface area contributed by atoms with Gasteiger partial charge in [0, 0.05) is 43.6 Å². The third kappa shape index (κ3) is 3.80. The zero-order valence-electron chi connectivity index (χ0n) is 18.4. The molecule has 2 N–H and O–H groups in total. The number of rotatable bonds is 5. The third-order valence-electron chi connectivity index (χ3n) is 5.95. The molecule has 0 unspecified atom stereocenters. The van der Waals surface area contributed by atoms with Crippen molar-refractivity contribution >= 4 is 34.3 Å². The van der Waals surface area contributed by atoms with E-state index < -0.39 is 11.4 Å². The minimum absolute atomic E-state index is 0.156. The van der Waals surface area contributed by atoms with Crippen LogP contribution in [0.1, 0.15) is 27.9 Å². The van der Waals surface area contributed by atoms with Crippen molar-refractivity contribution in [1.29, 1.82) is 0 Å². The van der Waals surface area contributed by atoms with Crippen LogP contribution in [0.2, 0.25) is 0 Å². The molecule has 33 heavy (non-hydrogen) atoms. The van der Waals surface area contributed by atoms with Crippen LogP contribution >= 0.6 is 0 Å². The number of aromatic carboxylic acids is 1. The first-order valence-electron chi connectivity index (χ1n) is 10.7. The number of nitrogens with zero attached hydrogens (tertiary/aromatic N) is 4. The summed E-state index contributed by atoms with van der Waals surface area (Å²) in [4.78, 5) is 35.5. The number of benzene rings is 2. The van der Waals surface area contributed by atoms with E-state index in [1.54, 1.807) is 4.57 Å². The quantitative estimate of drug-likeness (QED) is 0.486. The van der Waals surface area contributed by atoms with Gasteiger partial charge in [-0.05, 0) is 60.7 Å². The van der Waals surface area contributed by atoms with Crippen molar-refractivity contribution in [2.75, 3.05) is 24.3 Å². The van der Waals surface area contributed by atoms with E-state index in [1.807, 2.05) is 55.4 Å². The molecule has 8 nitrogen and oxygen atoms in total. The van der Waals surface area contributed by atoms with Crippen LogP contribution in [0.15, 0.2) is 59.7 Å². The Morgan fingerprint density at radius 2 is 1.94 bits per heavy atom. The molecule has 8 heteroatoms. The maximum absolute atomic E-state index is 12.8. The average Bonchev–Trinajstić information content (AvgIpc) is 3.27. The Bertz CT molecular complexity index is 1460. The highest BCUT2D eigenvalue weighted by Gasteiger charge is 2.19. The zero-order chi connectivity index (χ0) is 23.1. The standard InChI is InChI=1S/C25H23N5O3/c1-29(2)18-8-4-7-17(12-18)27-25-26-13-20-22(31)21(24(32)33)14-30(23(20)28-25)19-10-9-15-5-3-6-16(15)11-19/h4,7-14H,3,5-6H2,1-2H3,(H,32,33)(H,26,27,28). The summed E-state index contributed by atoms with van der Waals surface area (Å²) in [7, 11) is 3.92. The summed E-state index contributed by atoms with van der Waals surface area (Å²) in [6, 6.07) is 13.8. The number of pyridine rings is 1. The Hall–Kier alpha value is -4.20. The van der Waals surface area contributed by atoms with Gasteiger partial charge in [-0.3, -0.25) is 4.79 Å². The second-order valence-electron chi connectivity index (χ2n) is 8.35. The molecule has 1 aliphatic rings. The van der Waals surface area contributed by atoms with Crippen LogP contribution in [0.5, 0.6) is 0 Å². The summed E-state index contributed by atoms with van der Waals surface area (Å²) in [5, 5.41) is 12.9. The lowest BCUT2D eigenvalue weighted by molar-refractivity contribution is 0.0695. The largest absolute Gasteiger partial charge is 0.477 e. The Morgan fingerprint density at radius 3 is 2.73 bits per heavy atom. The second kappa shape index (κ2) is 8.05. The first-order chi connectivity index (χ1) is 15.9. The van der Waals surface area contributed by atoms with E-state index in [0.717, 1.165) is 36.3 Å². The number of aryl methyl sites for hydroxylation is 2. The van der Waals surface area contributed by atoms with E-state index in [4.69, 9.17) is 0 Å². The fraction of sp³-hybridized carbons (Fsp3) is 0.200. The summed E-state index contributed by atoms with van der Waals surface area (Å²) in [6.45, 7) is 0. The summed E-state index contributed by atoms with van der Waals surface area (Å²) >= 11 is 0. The maximum Gasteiger partial charge on any atom is 0.341 e. The average molecular weight is 441 g/mol. The van der Waals surface area contributed by atoms with E-state index in [2.05, 4.69) is 21.4 Å². The monoisotopic (exact) mass is 441 g/mol. The van der Waals surface area contributed by atoms with Gasteiger partial charge in [-0.25, -0.2) is 9.78 Å². The molecule has 0 bridgehead atoms. The van der Waals surface area contributed by atoms with Gasteiger partial charge >= 0.3 is 5.97 Å². The minimum Gasteiger partial charge on any atom is -0.477 e. The third-order valence-corrected chi connectivity index (χ3v) is 5.95. The fourth-order valence-corrected chi connectivity index (χ4v) is 4.22. The molecule has 0 saturated heterocycles. The fourth-order valence-electron chi connectivity index (χ4n) is 4.22. The molecule has 4 aromatic rings. The predicted molar refractivity (Wildman–Crippen MR) is 128 cm³/mol. The molecular formula is C25H23N5O3. The smallest absolute Gasteiger partial charge is 0.341 e. The normalized spacial score (nSPS) is 12.5. The Labute approximate surface area is 190 Å². The molecule has 0 spiro atoms. The van der Waals surface area contributed by atoms with Gasteiger partial charge in [0.2, 0.25) is 11.4 Å². The van der Waals surface area contributed by atoms with Crippen LogP contribution in [-0.2, 0) is 12.8 Å². The summed E-state index contributed by atoms with van der Waals surface area (Å²) in [5.74, 6) is -0.963. The molecule has 2 aromatic carbocycles. The van der Waals surface area contributed by atoms with Crippen molar-refractivity contribution in [3.8, 4) is 5.69 Å². The molecule has 2 heterocycles. The lowest BCUT2D eigenvalue weighted by Crippen LogP contribution is -2.19. The summed E-state index contributed by atoms with van der Waals surface area (Å²) < 4.78 is 1.67. The van der Waals surface area contributed by atoms with Crippen LogP contribution < -0.4 is 15.6 Å². The maximum atomic E-state index is 12.8. The minimum atomic E-state index is -1.28. The van der Waals surface area contributed by atoms with Crippen LogP contribution in [0.4, 0.5) is 17.3 Å². The number of hydrogen-bond donors (Lipinski definition) is 2. The zero-order valence-corrected chi connectivity index (χ0v) is 18.4. The van der Waals surface area contributed by atoms with Gasteiger partial charge in [0.1, 0.15) is 5.56 Å². The van der Waals surface area contributed by atoms with Crippen molar-refractivity contribution in [2.24, 2.45) is 0 Å². The van der Waals surface area contributed by atoms with Crippen molar-refractivity contribution < 1.29 is 9.90 Å². The van der Waals surface area contributed by atoms with Gasteiger partial charge in [0.25, 0.3) is 0 Å². The molecule has 0 amide bonds. The molecule has 5 rings (SSSR count). The first-order valence-corrected chi connectivity index (χ1v) is 10.7. The van der Waals surface area contributed by atoms with Gasteiger partial charge in [-0.1, -0.05) is 12.1 Å². The lowest BCUT2D eigenvalue weighted by Gasteiger charge is -2.15. The topological polar surface area (TPSA) is 100 Å². The second-order valence-corrected chi connectivity index (χ2v) is 8.35. The number of carbonyl (C=O) groups is 1. The Morgan fingerprint density at radius 1 is 1.12 bits per heavy atom. The number of nitrogens with one attached hydrogen (secondary N) is 1. The van der Waals surface area contributed by atoms with Crippen LogP contribution in [-0.4, -0.2) is 39.7 Å². The molecule has 2 aromatic heterocycles. The van der Waals surface area contributed by atoms with Crippen LogP contribution in [0, 0.1) is 0 Å². The highest BCUT2D eigenvalue weighted by molar-refractivity contribution is 5.92. The molecule has 0 atom stereocenters. The molecule has 0 fully saturated rings.